The van der Waals surface area contributed by atoms with Crippen LogP contribution in [0.2, 0.25) is 5.02 Å². The zero-order valence-corrected chi connectivity index (χ0v) is 11.4. The van der Waals surface area contributed by atoms with Gasteiger partial charge in [0.05, 0.1) is 0 Å². The number of hydrogen-bond donors (Lipinski definition) is 0. The first-order valence-corrected chi connectivity index (χ1v) is 6.52. The molecule has 8 heteroatoms. The number of hydrogen-bond acceptors (Lipinski definition) is 4. The Labute approximate surface area is 109 Å². The van der Waals surface area contributed by atoms with Gasteiger partial charge in [0.2, 0.25) is 0 Å². The van der Waals surface area contributed by atoms with Crippen LogP contribution in [0.25, 0.3) is 0 Å². The van der Waals surface area contributed by atoms with Crippen molar-refractivity contribution < 1.29 is 17.0 Å². The van der Waals surface area contributed by atoms with E-state index in [1.165, 1.54) is 17.0 Å². The third kappa shape index (κ3) is 3.79. The van der Waals surface area contributed by atoms with Crippen molar-refractivity contribution in [3.05, 3.63) is 23.2 Å². The molecule has 0 aliphatic rings. The maximum Gasteiger partial charge on any atom is 0.335 e. The molecular formula is C9H9ClFNO3S2. The van der Waals surface area contributed by atoms with E-state index in [9.17, 15) is 12.3 Å². The molecule has 0 saturated carbocycles. The van der Waals surface area contributed by atoms with E-state index in [1.807, 2.05) is 0 Å². The van der Waals surface area contributed by atoms with E-state index in [0.717, 1.165) is 6.07 Å². The number of benzene rings is 1. The van der Waals surface area contributed by atoms with Gasteiger partial charge < -0.3 is 9.64 Å². The van der Waals surface area contributed by atoms with Gasteiger partial charge in [-0.15, -0.1) is 3.89 Å². The molecule has 0 bridgehead atoms. The van der Waals surface area contributed by atoms with E-state index in [1.54, 1.807) is 14.1 Å². The third-order valence-corrected chi connectivity index (χ3v) is 3.26. The first-order valence-electron chi connectivity index (χ1n) is 4.35. The average Bonchev–Trinajstić information content (AvgIpc) is 2.18. The Bertz CT molecular complexity index is 545. The maximum absolute atomic E-state index is 13.0. The fourth-order valence-corrected chi connectivity index (χ4v) is 1.89. The Morgan fingerprint density at radius 2 is 2.06 bits per heavy atom. The van der Waals surface area contributed by atoms with Crippen LogP contribution in [-0.2, 0) is 10.2 Å². The van der Waals surface area contributed by atoms with Gasteiger partial charge in [-0.3, -0.25) is 0 Å². The van der Waals surface area contributed by atoms with Crippen LogP contribution in [0, 0.1) is 0 Å². The topological polar surface area (TPSA) is 46.6 Å². The van der Waals surface area contributed by atoms with Gasteiger partial charge in [-0.2, -0.15) is 8.42 Å². The molecule has 0 radical (unpaired) electrons. The van der Waals surface area contributed by atoms with E-state index in [-0.39, 0.29) is 15.9 Å². The van der Waals surface area contributed by atoms with Crippen LogP contribution >= 0.6 is 23.8 Å². The predicted molar refractivity (Wildman–Crippen MR) is 66.7 cm³/mol. The molecule has 4 nitrogen and oxygen atoms in total. The number of rotatable bonds is 2. The van der Waals surface area contributed by atoms with Gasteiger partial charge in [-0.05, 0) is 30.4 Å². The standard InChI is InChI=1S/C9H9ClFNO3S2/c1-12(2)9(16)15-7-4-3-6(10)5-8(7)17(11,13)14/h3-5H,1-2H3. The zero-order chi connectivity index (χ0) is 13.2. The fourth-order valence-electron chi connectivity index (χ4n) is 0.942. The second kappa shape index (κ2) is 5.16. The summed E-state index contributed by atoms with van der Waals surface area (Å²) in [5, 5.41) is 0.0987. The monoisotopic (exact) mass is 297 g/mol. The van der Waals surface area contributed by atoms with Gasteiger partial charge in [0.25, 0.3) is 5.17 Å². The van der Waals surface area contributed by atoms with Gasteiger partial charge in [-0.1, -0.05) is 11.6 Å². The molecule has 0 N–H and O–H groups in total. The van der Waals surface area contributed by atoms with E-state index in [0.29, 0.717) is 0 Å². The van der Waals surface area contributed by atoms with Crippen LogP contribution in [0.3, 0.4) is 0 Å². The summed E-state index contributed by atoms with van der Waals surface area (Å²) in [6.07, 6.45) is 0. The van der Waals surface area contributed by atoms with Crippen molar-refractivity contribution in [1.82, 2.24) is 4.90 Å². The summed E-state index contributed by atoms with van der Waals surface area (Å²) < 4.78 is 39.8. The molecular weight excluding hydrogens is 289 g/mol. The van der Waals surface area contributed by atoms with Gasteiger partial charge in [0.1, 0.15) is 4.90 Å². The lowest BCUT2D eigenvalue weighted by Crippen LogP contribution is -2.25. The summed E-state index contributed by atoms with van der Waals surface area (Å²) in [6, 6.07) is 3.58. The predicted octanol–water partition coefficient (Wildman–Crippen LogP) is 2.22. The smallest absolute Gasteiger partial charge is 0.335 e. The van der Waals surface area contributed by atoms with E-state index < -0.39 is 15.1 Å². The lowest BCUT2D eigenvalue weighted by molar-refractivity contribution is 0.439. The maximum atomic E-state index is 13.0. The number of halogens is 2. The largest absolute Gasteiger partial charge is 0.430 e. The molecule has 1 aromatic carbocycles. The molecule has 0 heterocycles. The minimum atomic E-state index is -4.91. The second-order valence-corrected chi connectivity index (χ2v) is 5.39. The van der Waals surface area contributed by atoms with Gasteiger partial charge in [0, 0.05) is 19.1 Å². The molecule has 17 heavy (non-hydrogen) atoms. The number of nitrogens with zero attached hydrogens (tertiary/aromatic N) is 1. The molecule has 1 rings (SSSR count). The van der Waals surface area contributed by atoms with E-state index >= 15 is 0 Å². The average molecular weight is 298 g/mol. The number of thiocarbonyl (C=S) groups is 1. The minimum absolute atomic E-state index is 0.0113. The Kier molecular flexibility index (Phi) is 4.29. The van der Waals surface area contributed by atoms with Crippen molar-refractivity contribution in [2.75, 3.05) is 14.1 Å². The van der Waals surface area contributed by atoms with Crippen LogP contribution in [0.4, 0.5) is 3.89 Å². The summed E-state index contributed by atoms with van der Waals surface area (Å²) >= 11 is 10.4. The van der Waals surface area contributed by atoms with Crippen LogP contribution in [0.15, 0.2) is 23.1 Å². The quantitative estimate of drug-likeness (QED) is 0.619. The molecule has 0 atom stereocenters. The first kappa shape index (κ1) is 14.1. The Morgan fingerprint density at radius 1 is 1.47 bits per heavy atom. The Morgan fingerprint density at radius 3 is 2.53 bits per heavy atom. The van der Waals surface area contributed by atoms with Crippen molar-refractivity contribution in [2.45, 2.75) is 4.90 Å². The highest BCUT2D eigenvalue weighted by Gasteiger charge is 2.20. The van der Waals surface area contributed by atoms with E-state index in [2.05, 4.69) is 0 Å². The van der Waals surface area contributed by atoms with Gasteiger partial charge >= 0.3 is 10.2 Å². The summed E-state index contributed by atoms with van der Waals surface area (Å²) in [6.45, 7) is 0. The summed E-state index contributed by atoms with van der Waals surface area (Å²) in [4.78, 5) is 0.799. The van der Waals surface area contributed by atoms with Crippen molar-refractivity contribution in [1.29, 1.82) is 0 Å². The molecule has 0 aliphatic heterocycles. The summed E-state index contributed by atoms with van der Waals surface area (Å²) in [7, 11) is -1.69. The molecule has 0 aromatic heterocycles. The van der Waals surface area contributed by atoms with Crippen LogP contribution in [0.1, 0.15) is 0 Å². The molecule has 1 aromatic rings. The highest BCUT2D eigenvalue weighted by Crippen LogP contribution is 2.29. The molecule has 0 spiro atoms. The van der Waals surface area contributed by atoms with Crippen molar-refractivity contribution in [3.63, 3.8) is 0 Å². The Balaban J connectivity index is 3.21. The molecule has 0 fully saturated rings. The van der Waals surface area contributed by atoms with Crippen molar-refractivity contribution in [3.8, 4) is 5.75 Å². The lowest BCUT2D eigenvalue weighted by Gasteiger charge is -2.15. The van der Waals surface area contributed by atoms with Crippen molar-refractivity contribution >= 4 is 39.2 Å². The molecule has 0 amide bonds. The summed E-state index contributed by atoms with van der Waals surface area (Å²) in [5.74, 6) is -0.199. The first-order chi connectivity index (χ1) is 7.71. The Hall–Kier alpha value is -0.920. The van der Waals surface area contributed by atoms with Gasteiger partial charge in [-0.25, -0.2) is 0 Å². The molecule has 0 aliphatic carbocycles. The van der Waals surface area contributed by atoms with Crippen LogP contribution in [-0.4, -0.2) is 32.6 Å². The second-order valence-electron chi connectivity index (χ2n) is 3.29. The molecule has 94 valence electrons. The zero-order valence-electron chi connectivity index (χ0n) is 8.98. The third-order valence-electron chi connectivity index (χ3n) is 1.73. The normalized spacial score (nSPS) is 11.1. The highest BCUT2D eigenvalue weighted by atomic mass is 35.5. The molecule has 0 saturated heterocycles. The van der Waals surface area contributed by atoms with E-state index in [4.69, 9.17) is 28.6 Å². The van der Waals surface area contributed by atoms with Crippen LogP contribution < -0.4 is 4.74 Å². The van der Waals surface area contributed by atoms with Gasteiger partial charge in [0.15, 0.2) is 5.75 Å². The van der Waals surface area contributed by atoms with Crippen LogP contribution in [0.5, 0.6) is 5.75 Å². The fraction of sp³-hybridized carbons (Fsp3) is 0.222. The minimum Gasteiger partial charge on any atom is -0.430 e. The number of ether oxygens (including phenoxy) is 1. The highest BCUT2D eigenvalue weighted by molar-refractivity contribution is 7.86. The lowest BCUT2D eigenvalue weighted by atomic mass is 10.3. The SMILES string of the molecule is CN(C)C(=S)Oc1ccc(Cl)cc1S(=O)(=O)F. The van der Waals surface area contributed by atoms with Crippen molar-refractivity contribution in [2.24, 2.45) is 0 Å². The molecule has 0 unspecified atom stereocenters. The summed E-state index contributed by atoms with van der Waals surface area (Å²) in [5.41, 5.74) is 0.